The van der Waals surface area contributed by atoms with E-state index in [0.29, 0.717) is 12.3 Å². The highest BCUT2D eigenvalue weighted by molar-refractivity contribution is 5.79. The van der Waals surface area contributed by atoms with Crippen LogP contribution in [0.15, 0.2) is 54.6 Å². The third-order valence-corrected chi connectivity index (χ3v) is 4.18. The Bertz CT molecular complexity index is 618. The first-order valence-corrected chi connectivity index (χ1v) is 7.88. The molecule has 114 valence electrons. The lowest BCUT2D eigenvalue weighted by atomic mass is 10.0. The SMILES string of the molecule is Nc1ccc(CC(=O)NC(Cc2ccccc2)C2CC2)cc1. The van der Waals surface area contributed by atoms with E-state index in [9.17, 15) is 4.79 Å². The number of rotatable bonds is 6. The van der Waals surface area contributed by atoms with Crippen molar-refractivity contribution in [1.29, 1.82) is 0 Å². The highest BCUT2D eigenvalue weighted by Crippen LogP contribution is 2.34. The number of amides is 1. The molecule has 0 radical (unpaired) electrons. The first-order chi connectivity index (χ1) is 10.7. The summed E-state index contributed by atoms with van der Waals surface area (Å²) >= 11 is 0. The minimum absolute atomic E-state index is 0.0950. The topological polar surface area (TPSA) is 55.1 Å². The third kappa shape index (κ3) is 4.10. The van der Waals surface area contributed by atoms with Gasteiger partial charge in [0.15, 0.2) is 0 Å². The average molecular weight is 294 g/mol. The molecule has 1 aliphatic rings. The molecule has 22 heavy (non-hydrogen) atoms. The molecule has 3 rings (SSSR count). The number of hydrogen-bond acceptors (Lipinski definition) is 2. The summed E-state index contributed by atoms with van der Waals surface area (Å²) in [6.07, 6.45) is 3.77. The van der Waals surface area contributed by atoms with Gasteiger partial charge < -0.3 is 11.1 Å². The molecular weight excluding hydrogens is 272 g/mol. The van der Waals surface area contributed by atoms with E-state index in [1.54, 1.807) is 0 Å². The molecule has 1 aliphatic carbocycles. The largest absolute Gasteiger partial charge is 0.399 e. The number of carbonyl (C=O) groups excluding carboxylic acids is 1. The number of nitrogen functional groups attached to an aromatic ring is 1. The molecule has 2 aromatic rings. The van der Waals surface area contributed by atoms with Crippen LogP contribution in [0.1, 0.15) is 24.0 Å². The van der Waals surface area contributed by atoms with Gasteiger partial charge in [-0.15, -0.1) is 0 Å². The Balaban J connectivity index is 1.59. The maximum absolute atomic E-state index is 12.3. The fraction of sp³-hybridized carbons (Fsp3) is 0.316. The van der Waals surface area contributed by atoms with E-state index in [-0.39, 0.29) is 11.9 Å². The van der Waals surface area contributed by atoms with Gasteiger partial charge in [-0.25, -0.2) is 0 Å². The smallest absolute Gasteiger partial charge is 0.224 e. The first kappa shape index (κ1) is 14.6. The van der Waals surface area contributed by atoms with Gasteiger partial charge >= 0.3 is 0 Å². The average Bonchev–Trinajstić information content (AvgIpc) is 3.35. The van der Waals surface area contributed by atoms with E-state index < -0.39 is 0 Å². The number of carbonyl (C=O) groups is 1. The molecule has 2 aromatic carbocycles. The van der Waals surface area contributed by atoms with Crippen molar-refractivity contribution < 1.29 is 4.79 Å². The Kier molecular flexibility index (Phi) is 4.42. The zero-order valence-electron chi connectivity index (χ0n) is 12.7. The van der Waals surface area contributed by atoms with Gasteiger partial charge in [0.2, 0.25) is 5.91 Å². The molecule has 3 N–H and O–H groups in total. The predicted octanol–water partition coefficient (Wildman–Crippen LogP) is 2.95. The predicted molar refractivity (Wildman–Crippen MR) is 89.4 cm³/mol. The van der Waals surface area contributed by atoms with E-state index in [0.717, 1.165) is 17.7 Å². The summed E-state index contributed by atoms with van der Waals surface area (Å²) in [7, 11) is 0. The van der Waals surface area contributed by atoms with Crippen LogP contribution in [0.2, 0.25) is 0 Å². The molecular formula is C19H22N2O. The van der Waals surface area contributed by atoms with Crippen LogP contribution in [0.4, 0.5) is 5.69 Å². The van der Waals surface area contributed by atoms with Crippen molar-refractivity contribution in [2.24, 2.45) is 5.92 Å². The quantitative estimate of drug-likeness (QED) is 0.805. The summed E-state index contributed by atoms with van der Waals surface area (Å²) in [6.45, 7) is 0. The van der Waals surface area contributed by atoms with Crippen molar-refractivity contribution >= 4 is 11.6 Å². The van der Waals surface area contributed by atoms with Crippen LogP contribution < -0.4 is 11.1 Å². The van der Waals surface area contributed by atoms with Crippen LogP contribution in [-0.2, 0) is 17.6 Å². The molecule has 1 atom stereocenters. The summed E-state index contributed by atoms with van der Waals surface area (Å²) in [5, 5.41) is 3.22. The molecule has 0 spiro atoms. The van der Waals surface area contributed by atoms with Crippen molar-refractivity contribution in [1.82, 2.24) is 5.32 Å². The van der Waals surface area contributed by atoms with Crippen molar-refractivity contribution in [2.45, 2.75) is 31.7 Å². The minimum Gasteiger partial charge on any atom is -0.399 e. The highest BCUT2D eigenvalue weighted by atomic mass is 16.1. The highest BCUT2D eigenvalue weighted by Gasteiger charge is 2.32. The lowest BCUT2D eigenvalue weighted by Crippen LogP contribution is -2.38. The normalized spacial score (nSPS) is 15.3. The number of nitrogens with two attached hydrogens (primary N) is 1. The van der Waals surface area contributed by atoms with Crippen LogP contribution >= 0.6 is 0 Å². The van der Waals surface area contributed by atoms with Crippen LogP contribution in [-0.4, -0.2) is 11.9 Å². The number of nitrogens with one attached hydrogen (secondary N) is 1. The van der Waals surface area contributed by atoms with E-state index >= 15 is 0 Å². The molecule has 1 unspecified atom stereocenters. The van der Waals surface area contributed by atoms with Gasteiger partial charge in [-0.2, -0.15) is 0 Å². The lowest BCUT2D eigenvalue weighted by molar-refractivity contribution is -0.121. The summed E-state index contributed by atoms with van der Waals surface area (Å²) in [6, 6.07) is 18.1. The lowest BCUT2D eigenvalue weighted by Gasteiger charge is -2.18. The van der Waals surface area contributed by atoms with Crippen LogP contribution in [0.25, 0.3) is 0 Å². The zero-order valence-corrected chi connectivity index (χ0v) is 12.7. The van der Waals surface area contributed by atoms with Gasteiger partial charge in [0.1, 0.15) is 0 Å². The van der Waals surface area contributed by atoms with E-state index in [1.165, 1.54) is 18.4 Å². The molecule has 0 bridgehead atoms. The number of benzene rings is 2. The Hall–Kier alpha value is -2.29. The molecule has 0 heterocycles. The Morgan fingerprint density at radius 3 is 2.36 bits per heavy atom. The van der Waals surface area contributed by atoms with E-state index in [4.69, 9.17) is 5.73 Å². The molecule has 0 aromatic heterocycles. The van der Waals surface area contributed by atoms with Gasteiger partial charge in [0.05, 0.1) is 6.42 Å². The van der Waals surface area contributed by atoms with Crippen molar-refractivity contribution in [3.8, 4) is 0 Å². The number of hydrogen-bond donors (Lipinski definition) is 2. The van der Waals surface area contributed by atoms with Gasteiger partial charge in [-0.05, 0) is 48.4 Å². The monoisotopic (exact) mass is 294 g/mol. The molecule has 1 amide bonds. The zero-order chi connectivity index (χ0) is 15.4. The second kappa shape index (κ2) is 6.65. The second-order valence-corrected chi connectivity index (χ2v) is 6.12. The van der Waals surface area contributed by atoms with Gasteiger partial charge in [0.25, 0.3) is 0 Å². The second-order valence-electron chi connectivity index (χ2n) is 6.12. The molecule has 3 heteroatoms. The molecule has 1 fully saturated rings. The molecule has 0 aliphatic heterocycles. The summed E-state index contributed by atoms with van der Waals surface area (Å²) in [5.41, 5.74) is 8.68. The first-order valence-electron chi connectivity index (χ1n) is 7.88. The Morgan fingerprint density at radius 1 is 1.05 bits per heavy atom. The van der Waals surface area contributed by atoms with Gasteiger partial charge in [0, 0.05) is 11.7 Å². The van der Waals surface area contributed by atoms with Crippen molar-refractivity contribution in [2.75, 3.05) is 5.73 Å². The molecule has 3 nitrogen and oxygen atoms in total. The number of anilines is 1. The van der Waals surface area contributed by atoms with Crippen molar-refractivity contribution in [3.63, 3.8) is 0 Å². The Morgan fingerprint density at radius 2 is 1.73 bits per heavy atom. The molecule has 0 saturated heterocycles. The summed E-state index contributed by atoms with van der Waals surface area (Å²) in [4.78, 5) is 12.3. The van der Waals surface area contributed by atoms with Gasteiger partial charge in [-0.3, -0.25) is 4.79 Å². The third-order valence-electron chi connectivity index (χ3n) is 4.18. The van der Waals surface area contributed by atoms with Crippen molar-refractivity contribution in [3.05, 3.63) is 65.7 Å². The van der Waals surface area contributed by atoms with Crippen LogP contribution in [0.5, 0.6) is 0 Å². The Labute approximate surface area is 131 Å². The standard InChI is InChI=1S/C19H22N2O/c20-17-10-6-15(7-11-17)13-19(22)21-18(16-8-9-16)12-14-4-2-1-3-5-14/h1-7,10-11,16,18H,8-9,12-13,20H2,(H,21,22). The maximum Gasteiger partial charge on any atom is 0.224 e. The van der Waals surface area contributed by atoms with Crippen LogP contribution in [0, 0.1) is 5.92 Å². The van der Waals surface area contributed by atoms with Crippen LogP contribution in [0.3, 0.4) is 0 Å². The summed E-state index contributed by atoms with van der Waals surface area (Å²) < 4.78 is 0. The molecule has 1 saturated carbocycles. The minimum atomic E-state index is 0.0950. The fourth-order valence-electron chi connectivity index (χ4n) is 2.78. The van der Waals surface area contributed by atoms with E-state index in [2.05, 4.69) is 29.6 Å². The maximum atomic E-state index is 12.3. The fourth-order valence-corrected chi connectivity index (χ4v) is 2.78. The van der Waals surface area contributed by atoms with E-state index in [1.807, 2.05) is 30.3 Å². The summed E-state index contributed by atoms with van der Waals surface area (Å²) in [5.74, 6) is 0.730. The van der Waals surface area contributed by atoms with Gasteiger partial charge in [-0.1, -0.05) is 42.5 Å².